The van der Waals surface area contributed by atoms with Crippen LogP contribution in [-0.4, -0.2) is 50.4 Å². The van der Waals surface area contributed by atoms with Gasteiger partial charge in [0.25, 0.3) is 5.91 Å². The molecule has 1 amide bonds. The summed E-state index contributed by atoms with van der Waals surface area (Å²) in [7, 11) is 0. The molecule has 2 aromatic rings. The van der Waals surface area contributed by atoms with Gasteiger partial charge in [-0.3, -0.25) is 4.79 Å². The van der Waals surface area contributed by atoms with Gasteiger partial charge in [0.2, 0.25) is 5.67 Å². The molecule has 1 saturated heterocycles. The average molecular weight is 379 g/mol. The van der Waals surface area contributed by atoms with Crippen LogP contribution in [0.3, 0.4) is 0 Å². The molecule has 142 valence electrons. The van der Waals surface area contributed by atoms with Crippen LogP contribution in [0.2, 0.25) is 0 Å². The van der Waals surface area contributed by atoms with Gasteiger partial charge in [-0.2, -0.15) is 5.10 Å². The Morgan fingerprint density at radius 3 is 2.70 bits per heavy atom. The first-order valence-electron chi connectivity index (χ1n) is 8.58. The SMILES string of the molecule is O=C(c1nn(-c2cccc(F)c2F)c2c1CCC2)N1CCC(F)(C(=O)O)C1. The third kappa shape index (κ3) is 2.68. The second kappa shape index (κ2) is 6.11. The Kier molecular flexibility index (Phi) is 3.97. The van der Waals surface area contributed by atoms with Crippen molar-refractivity contribution >= 4 is 11.9 Å². The Morgan fingerprint density at radius 2 is 2.00 bits per heavy atom. The summed E-state index contributed by atoms with van der Waals surface area (Å²) in [5.41, 5.74) is -1.29. The molecule has 1 fully saturated rings. The number of nitrogens with zero attached hydrogens (tertiary/aromatic N) is 3. The molecule has 0 spiro atoms. The lowest BCUT2D eigenvalue weighted by Crippen LogP contribution is -2.39. The van der Waals surface area contributed by atoms with Crippen molar-refractivity contribution in [1.82, 2.24) is 14.7 Å². The van der Waals surface area contributed by atoms with Gasteiger partial charge >= 0.3 is 5.97 Å². The molecule has 2 aliphatic rings. The summed E-state index contributed by atoms with van der Waals surface area (Å²) in [5, 5.41) is 13.2. The van der Waals surface area contributed by atoms with E-state index in [4.69, 9.17) is 5.11 Å². The van der Waals surface area contributed by atoms with E-state index >= 15 is 0 Å². The van der Waals surface area contributed by atoms with Gasteiger partial charge in [-0.1, -0.05) is 6.07 Å². The van der Waals surface area contributed by atoms with Gasteiger partial charge in [-0.15, -0.1) is 0 Å². The zero-order valence-corrected chi connectivity index (χ0v) is 14.2. The van der Waals surface area contributed by atoms with Crippen molar-refractivity contribution in [2.24, 2.45) is 0 Å². The summed E-state index contributed by atoms with van der Waals surface area (Å²) < 4.78 is 43.3. The number of likely N-dealkylation sites (tertiary alicyclic amines) is 1. The first-order valence-corrected chi connectivity index (χ1v) is 8.58. The molecule has 1 aliphatic carbocycles. The second-order valence-electron chi connectivity index (χ2n) is 6.86. The minimum atomic E-state index is -2.48. The van der Waals surface area contributed by atoms with Crippen molar-refractivity contribution in [3.05, 3.63) is 46.8 Å². The Morgan fingerprint density at radius 1 is 1.22 bits per heavy atom. The topological polar surface area (TPSA) is 75.4 Å². The van der Waals surface area contributed by atoms with Crippen molar-refractivity contribution in [1.29, 1.82) is 0 Å². The molecule has 1 aromatic carbocycles. The highest BCUT2D eigenvalue weighted by atomic mass is 19.2. The zero-order chi connectivity index (χ0) is 19.3. The molecule has 1 aliphatic heterocycles. The highest BCUT2D eigenvalue weighted by Crippen LogP contribution is 2.32. The molecule has 1 unspecified atom stereocenters. The van der Waals surface area contributed by atoms with Crippen molar-refractivity contribution < 1.29 is 27.9 Å². The number of carboxylic acids is 1. The van der Waals surface area contributed by atoms with Crippen LogP contribution in [0.5, 0.6) is 0 Å². The third-order valence-corrected chi connectivity index (χ3v) is 5.18. The van der Waals surface area contributed by atoms with E-state index in [2.05, 4.69) is 5.10 Å². The van der Waals surface area contributed by atoms with Crippen LogP contribution < -0.4 is 0 Å². The van der Waals surface area contributed by atoms with E-state index < -0.39 is 35.7 Å². The van der Waals surface area contributed by atoms with Crippen LogP contribution in [0.1, 0.15) is 34.6 Å². The lowest BCUT2D eigenvalue weighted by Gasteiger charge is -2.17. The van der Waals surface area contributed by atoms with Gasteiger partial charge in [0.1, 0.15) is 5.69 Å². The van der Waals surface area contributed by atoms with Gasteiger partial charge in [-0.25, -0.2) is 22.6 Å². The molecule has 6 nitrogen and oxygen atoms in total. The van der Waals surface area contributed by atoms with E-state index in [0.29, 0.717) is 24.1 Å². The molecule has 2 heterocycles. The number of aromatic nitrogens is 2. The van der Waals surface area contributed by atoms with Crippen LogP contribution in [0.4, 0.5) is 13.2 Å². The normalized spacial score (nSPS) is 21.5. The fourth-order valence-electron chi connectivity index (χ4n) is 3.73. The predicted molar refractivity (Wildman–Crippen MR) is 87.5 cm³/mol. The summed E-state index contributed by atoms with van der Waals surface area (Å²) in [6, 6.07) is 3.71. The summed E-state index contributed by atoms with van der Waals surface area (Å²) in [6.07, 6.45) is 1.52. The van der Waals surface area contributed by atoms with Crippen LogP contribution in [0.15, 0.2) is 18.2 Å². The van der Waals surface area contributed by atoms with E-state index in [1.54, 1.807) is 0 Å². The number of hydrogen-bond donors (Lipinski definition) is 1. The van der Waals surface area contributed by atoms with E-state index in [9.17, 15) is 22.8 Å². The average Bonchev–Trinajstić information content (AvgIpc) is 3.32. The second-order valence-corrected chi connectivity index (χ2v) is 6.86. The van der Waals surface area contributed by atoms with E-state index in [0.717, 1.165) is 17.4 Å². The fourth-order valence-corrected chi connectivity index (χ4v) is 3.73. The minimum absolute atomic E-state index is 0.0424. The Bertz CT molecular complexity index is 959. The summed E-state index contributed by atoms with van der Waals surface area (Å²) in [6.45, 7) is -0.602. The van der Waals surface area contributed by atoms with Crippen molar-refractivity contribution in [2.75, 3.05) is 13.1 Å². The van der Waals surface area contributed by atoms with Crippen molar-refractivity contribution in [3.63, 3.8) is 0 Å². The number of carboxylic acid groups (broad SMARTS) is 1. The standard InChI is InChI=1S/C18H16F3N3O3/c19-11-4-2-6-13(14(11)20)24-12-5-1-3-10(12)15(22-24)16(25)23-8-7-18(21,9-23)17(26)27/h2,4,6H,1,3,5,7-9H2,(H,26,27). The lowest BCUT2D eigenvalue weighted by molar-refractivity contribution is -0.149. The van der Waals surface area contributed by atoms with Crippen molar-refractivity contribution in [2.45, 2.75) is 31.4 Å². The van der Waals surface area contributed by atoms with Gasteiger partial charge in [0.05, 0.1) is 6.54 Å². The first kappa shape index (κ1) is 17.6. The van der Waals surface area contributed by atoms with E-state index in [1.165, 1.54) is 16.8 Å². The van der Waals surface area contributed by atoms with Crippen LogP contribution in [-0.2, 0) is 17.6 Å². The molecule has 0 saturated carbocycles. The largest absolute Gasteiger partial charge is 0.479 e. The van der Waals surface area contributed by atoms with Crippen LogP contribution in [0.25, 0.3) is 5.69 Å². The summed E-state index contributed by atoms with van der Waals surface area (Å²) in [5.74, 6) is -4.28. The number of carbonyl (C=O) groups excluding carboxylic acids is 1. The van der Waals surface area contributed by atoms with E-state index in [-0.39, 0.29) is 24.3 Å². The zero-order valence-electron chi connectivity index (χ0n) is 14.2. The fraction of sp³-hybridized carbons (Fsp3) is 0.389. The maximum atomic E-state index is 14.3. The first-order chi connectivity index (χ1) is 12.8. The number of rotatable bonds is 3. The third-order valence-electron chi connectivity index (χ3n) is 5.18. The number of amides is 1. The van der Waals surface area contributed by atoms with Gasteiger partial charge in [0, 0.05) is 24.2 Å². The number of carbonyl (C=O) groups is 2. The smallest absolute Gasteiger partial charge is 0.343 e. The number of benzene rings is 1. The van der Waals surface area contributed by atoms with Crippen LogP contribution >= 0.6 is 0 Å². The maximum Gasteiger partial charge on any atom is 0.343 e. The van der Waals surface area contributed by atoms with Gasteiger partial charge in [-0.05, 0) is 31.4 Å². The number of fused-ring (bicyclic) bond motifs is 1. The Hall–Kier alpha value is -2.84. The van der Waals surface area contributed by atoms with Crippen LogP contribution in [0, 0.1) is 11.6 Å². The molecule has 27 heavy (non-hydrogen) atoms. The molecular weight excluding hydrogens is 363 g/mol. The monoisotopic (exact) mass is 379 g/mol. The predicted octanol–water partition coefficient (Wildman–Crippen LogP) is 2.28. The van der Waals surface area contributed by atoms with E-state index in [1.807, 2.05) is 0 Å². The maximum absolute atomic E-state index is 14.3. The molecule has 9 heteroatoms. The number of alkyl halides is 1. The van der Waals surface area contributed by atoms with Gasteiger partial charge in [0.15, 0.2) is 17.3 Å². The number of hydrogen-bond acceptors (Lipinski definition) is 3. The minimum Gasteiger partial charge on any atom is -0.479 e. The summed E-state index contributed by atoms with van der Waals surface area (Å²) >= 11 is 0. The molecule has 1 aromatic heterocycles. The highest BCUT2D eigenvalue weighted by molar-refractivity contribution is 5.95. The molecule has 0 bridgehead atoms. The Labute approximate surface area is 152 Å². The quantitative estimate of drug-likeness (QED) is 0.888. The summed E-state index contributed by atoms with van der Waals surface area (Å²) in [4.78, 5) is 25.0. The lowest BCUT2D eigenvalue weighted by atomic mass is 10.1. The highest BCUT2D eigenvalue weighted by Gasteiger charge is 2.47. The molecule has 1 atom stereocenters. The number of halogens is 3. The Balaban J connectivity index is 1.72. The number of aliphatic carboxylic acids is 1. The molecule has 0 radical (unpaired) electrons. The molecule has 4 rings (SSSR count). The van der Waals surface area contributed by atoms with Gasteiger partial charge < -0.3 is 10.0 Å². The molecular formula is C18H16F3N3O3. The van der Waals surface area contributed by atoms with Crippen molar-refractivity contribution in [3.8, 4) is 5.69 Å². The molecule has 1 N–H and O–H groups in total.